The quantitative estimate of drug-likeness (QED) is 0.530. The number of rotatable bonds is 6. The minimum absolute atomic E-state index is 0.128. The van der Waals surface area contributed by atoms with Gasteiger partial charge in [0, 0.05) is 24.2 Å². The number of alkyl halides is 3. The van der Waals surface area contributed by atoms with Crippen LogP contribution in [0, 0.1) is 17.7 Å². The highest BCUT2D eigenvalue weighted by Crippen LogP contribution is 2.30. The summed E-state index contributed by atoms with van der Waals surface area (Å²) in [5, 5.41) is 2.97. The second-order valence-corrected chi connectivity index (χ2v) is 8.54. The lowest BCUT2D eigenvalue weighted by Crippen LogP contribution is -2.61. The Morgan fingerprint density at radius 2 is 1.83 bits per heavy atom. The minimum Gasteiger partial charge on any atom is -0.350 e. The molecule has 166 valence electrons. The molecule has 8 heteroatoms. The number of nitrogens with one attached hydrogen (secondary N) is 1. The Balaban J connectivity index is 2.23. The Morgan fingerprint density at radius 1 is 1.20 bits per heavy atom. The molecule has 1 fully saturated rings. The lowest BCUT2D eigenvalue weighted by atomic mass is 9.95. The van der Waals surface area contributed by atoms with Gasteiger partial charge in [-0.15, -0.1) is 0 Å². The van der Waals surface area contributed by atoms with Gasteiger partial charge in [0.15, 0.2) is 0 Å². The number of hydrogen-bond donors (Lipinski definition) is 1. The molecule has 0 unspecified atom stereocenters. The Kier molecular flexibility index (Phi) is 7.66. The van der Waals surface area contributed by atoms with E-state index in [0.717, 1.165) is 24.3 Å². The van der Waals surface area contributed by atoms with E-state index >= 15 is 0 Å². The Labute approximate surface area is 174 Å². The fraction of sp³-hybridized carbons (Fsp3) is 0.545. The molecular formula is C22H28F4N2O2. The zero-order chi connectivity index (χ0) is 22.6. The van der Waals surface area contributed by atoms with Crippen LogP contribution in [0.3, 0.4) is 0 Å². The number of carbonyl (C=O) groups is 2. The summed E-state index contributed by atoms with van der Waals surface area (Å²) in [7, 11) is 0. The van der Waals surface area contributed by atoms with Gasteiger partial charge >= 0.3 is 6.18 Å². The first-order valence-corrected chi connectivity index (χ1v) is 10.0. The van der Waals surface area contributed by atoms with Crippen LogP contribution in [-0.2, 0) is 15.8 Å². The topological polar surface area (TPSA) is 49.4 Å². The third-order valence-corrected chi connectivity index (χ3v) is 4.91. The molecule has 1 aliphatic rings. The van der Waals surface area contributed by atoms with Crippen LogP contribution < -0.4 is 5.32 Å². The van der Waals surface area contributed by atoms with Crippen molar-refractivity contribution in [2.45, 2.75) is 58.8 Å². The van der Waals surface area contributed by atoms with Crippen LogP contribution in [-0.4, -0.2) is 35.3 Å². The van der Waals surface area contributed by atoms with Crippen molar-refractivity contribution in [3.63, 3.8) is 0 Å². The average molecular weight is 428 g/mol. The van der Waals surface area contributed by atoms with E-state index in [4.69, 9.17) is 0 Å². The molecule has 2 amide bonds. The number of benzene rings is 1. The van der Waals surface area contributed by atoms with Crippen LogP contribution in [0.25, 0.3) is 6.08 Å². The predicted molar refractivity (Wildman–Crippen MR) is 107 cm³/mol. The zero-order valence-corrected chi connectivity index (χ0v) is 17.6. The summed E-state index contributed by atoms with van der Waals surface area (Å²) in [4.78, 5) is 26.9. The SMILES string of the molecule is CC(C)C[C@H]1CN(C(=O)C=Cc2ccc(C(F)(F)F)cc2F)[C@@H](CC(C)C)C(=O)N1. The van der Waals surface area contributed by atoms with Gasteiger partial charge in [0.2, 0.25) is 11.8 Å². The molecule has 30 heavy (non-hydrogen) atoms. The van der Waals surface area contributed by atoms with Gasteiger partial charge in [-0.05, 0) is 42.9 Å². The molecule has 2 rings (SSSR count). The molecule has 1 saturated heterocycles. The van der Waals surface area contributed by atoms with Gasteiger partial charge in [0.05, 0.1) is 5.56 Å². The van der Waals surface area contributed by atoms with Crippen molar-refractivity contribution < 1.29 is 27.2 Å². The summed E-state index contributed by atoms with van der Waals surface area (Å²) >= 11 is 0. The molecule has 0 spiro atoms. The highest BCUT2D eigenvalue weighted by atomic mass is 19.4. The van der Waals surface area contributed by atoms with E-state index < -0.39 is 29.5 Å². The van der Waals surface area contributed by atoms with Gasteiger partial charge in [-0.2, -0.15) is 13.2 Å². The number of piperazine rings is 1. The van der Waals surface area contributed by atoms with Gasteiger partial charge in [-0.25, -0.2) is 4.39 Å². The van der Waals surface area contributed by atoms with Crippen molar-refractivity contribution in [3.8, 4) is 0 Å². The Morgan fingerprint density at radius 3 is 2.37 bits per heavy atom. The number of nitrogens with zero attached hydrogens (tertiary/aromatic N) is 1. The molecule has 0 radical (unpaired) electrons. The average Bonchev–Trinajstić information content (AvgIpc) is 2.60. The lowest BCUT2D eigenvalue weighted by molar-refractivity contribution is -0.142. The maximum Gasteiger partial charge on any atom is 0.416 e. The molecule has 0 bridgehead atoms. The van der Waals surface area contributed by atoms with E-state index in [0.29, 0.717) is 31.4 Å². The van der Waals surface area contributed by atoms with E-state index in [-0.39, 0.29) is 23.4 Å². The van der Waals surface area contributed by atoms with Crippen molar-refractivity contribution in [2.24, 2.45) is 11.8 Å². The molecule has 1 heterocycles. The molecule has 1 aliphatic heterocycles. The third kappa shape index (κ3) is 6.31. The van der Waals surface area contributed by atoms with Gasteiger partial charge in [0.25, 0.3) is 0 Å². The first kappa shape index (κ1) is 23.9. The molecule has 2 atom stereocenters. The number of amides is 2. The monoisotopic (exact) mass is 428 g/mol. The highest BCUT2D eigenvalue weighted by molar-refractivity contribution is 5.96. The van der Waals surface area contributed by atoms with Gasteiger partial charge < -0.3 is 10.2 Å². The first-order valence-electron chi connectivity index (χ1n) is 10.0. The number of halogens is 4. The fourth-order valence-corrected chi connectivity index (χ4v) is 3.57. The lowest BCUT2D eigenvalue weighted by Gasteiger charge is -2.40. The van der Waals surface area contributed by atoms with Crippen LogP contribution >= 0.6 is 0 Å². The van der Waals surface area contributed by atoms with Crippen molar-refractivity contribution >= 4 is 17.9 Å². The van der Waals surface area contributed by atoms with Gasteiger partial charge in [0.1, 0.15) is 11.9 Å². The van der Waals surface area contributed by atoms with Crippen LogP contribution in [0.5, 0.6) is 0 Å². The summed E-state index contributed by atoms with van der Waals surface area (Å²) < 4.78 is 52.1. The highest BCUT2D eigenvalue weighted by Gasteiger charge is 2.37. The molecule has 1 aromatic rings. The summed E-state index contributed by atoms with van der Waals surface area (Å²) in [6.45, 7) is 8.27. The van der Waals surface area contributed by atoms with Crippen LogP contribution in [0.1, 0.15) is 51.7 Å². The smallest absolute Gasteiger partial charge is 0.350 e. The maximum atomic E-state index is 14.0. The second kappa shape index (κ2) is 9.62. The molecule has 4 nitrogen and oxygen atoms in total. The van der Waals surface area contributed by atoms with E-state index in [1.54, 1.807) is 0 Å². The summed E-state index contributed by atoms with van der Waals surface area (Å²) in [5.74, 6) is -1.26. The first-order chi connectivity index (χ1) is 13.9. The number of carbonyl (C=O) groups excluding carboxylic acids is 2. The van der Waals surface area contributed by atoms with Crippen LogP contribution in [0.4, 0.5) is 17.6 Å². The molecule has 0 aliphatic carbocycles. The summed E-state index contributed by atoms with van der Waals surface area (Å²) in [6, 6.07) is 1.34. The zero-order valence-electron chi connectivity index (χ0n) is 17.6. The number of hydrogen-bond acceptors (Lipinski definition) is 2. The van der Waals surface area contributed by atoms with E-state index in [1.165, 1.54) is 4.90 Å². The largest absolute Gasteiger partial charge is 0.416 e. The second-order valence-electron chi connectivity index (χ2n) is 8.54. The van der Waals surface area contributed by atoms with E-state index in [2.05, 4.69) is 5.32 Å². The van der Waals surface area contributed by atoms with Crippen molar-refractivity contribution in [2.75, 3.05) is 6.54 Å². The van der Waals surface area contributed by atoms with Crippen LogP contribution in [0.2, 0.25) is 0 Å². The molecular weight excluding hydrogens is 400 g/mol. The van der Waals surface area contributed by atoms with Crippen molar-refractivity contribution in [1.29, 1.82) is 0 Å². The molecule has 1 N–H and O–H groups in total. The van der Waals surface area contributed by atoms with Crippen molar-refractivity contribution in [1.82, 2.24) is 10.2 Å². The van der Waals surface area contributed by atoms with Gasteiger partial charge in [-0.1, -0.05) is 33.8 Å². The minimum atomic E-state index is -4.64. The molecule has 1 aromatic carbocycles. The Bertz CT molecular complexity index is 803. The van der Waals surface area contributed by atoms with Crippen LogP contribution in [0.15, 0.2) is 24.3 Å². The summed E-state index contributed by atoms with van der Waals surface area (Å²) in [5.41, 5.74) is -1.22. The summed E-state index contributed by atoms with van der Waals surface area (Å²) in [6.07, 6.45) is -1.19. The van der Waals surface area contributed by atoms with E-state index in [9.17, 15) is 27.2 Å². The van der Waals surface area contributed by atoms with E-state index in [1.807, 2.05) is 27.7 Å². The Hall–Kier alpha value is -2.38. The standard InChI is InChI=1S/C22H28F4N2O2/c1-13(2)9-17-12-28(19(10-14(3)4)21(30)27-17)20(29)8-6-15-5-7-16(11-18(15)23)22(24,25)26/h5-8,11,13-14,17,19H,9-10,12H2,1-4H3,(H,27,30)/t17-,19-/m0/s1. The third-order valence-electron chi connectivity index (χ3n) is 4.91. The fourth-order valence-electron chi connectivity index (χ4n) is 3.57. The maximum absolute atomic E-state index is 14.0. The van der Waals surface area contributed by atoms with Gasteiger partial charge in [-0.3, -0.25) is 9.59 Å². The predicted octanol–water partition coefficient (Wildman–Crippen LogP) is 4.65. The van der Waals surface area contributed by atoms with Crippen molar-refractivity contribution in [3.05, 3.63) is 41.2 Å². The normalized spacial score (nSPS) is 20.3. The molecule has 0 saturated carbocycles. The molecule has 0 aromatic heterocycles.